The summed E-state index contributed by atoms with van der Waals surface area (Å²) in [5.41, 5.74) is -2.41. The number of carboxylic acid groups (broad SMARTS) is 1. The number of rotatable bonds is 7. The van der Waals surface area contributed by atoms with Gasteiger partial charge in [0.05, 0.1) is 27.0 Å². The number of hydrogen-bond donors (Lipinski definition) is 4. The highest BCUT2D eigenvalue weighted by atomic mass is 35.5. The van der Waals surface area contributed by atoms with E-state index >= 15 is 0 Å². The molecular weight excluding hydrogens is 557 g/mol. The van der Waals surface area contributed by atoms with Crippen LogP contribution in [0, 0.1) is 11.7 Å². The second-order valence-electron chi connectivity index (χ2n) is 8.88. The fourth-order valence-electron chi connectivity index (χ4n) is 4.26. The molecule has 0 saturated heterocycles. The first kappa shape index (κ1) is 29.3. The summed E-state index contributed by atoms with van der Waals surface area (Å²) in [5, 5.41) is 16.1. The summed E-state index contributed by atoms with van der Waals surface area (Å²) in [6, 6.07) is 3.37. The van der Waals surface area contributed by atoms with Gasteiger partial charge >= 0.3 is 18.4 Å². The van der Waals surface area contributed by atoms with Crippen LogP contribution in [0.3, 0.4) is 0 Å². The molecule has 1 atom stereocenters. The number of hydrogen-bond acceptors (Lipinski definition) is 4. The smallest absolute Gasteiger partial charge is 0.480 e. The average Bonchev–Trinajstić information content (AvgIpc) is 2.80. The number of ether oxygens (including phenoxy) is 1. The lowest BCUT2D eigenvalue weighted by Crippen LogP contribution is -2.57. The van der Waals surface area contributed by atoms with Gasteiger partial charge in [-0.1, -0.05) is 42.5 Å². The van der Waals surface area contributed by atoms with E-state index in [0.717, 1.165) is 49.6 Å². The first-order chi connectivity index (χ1) is 17.7. The third kappa shape index (κ3) is 7.19. The number of carbonyl (C=O) groups is 3. The lowest BCUT2D eigenvalue weighted by atomic mass is 9.75. The molecule has 1 fully saturated rings. The fourth-order valence-corrected chi connectivity index (χ4v) is 4.82. The van der Waals surface area contributed by atoms with Crippen LogP contribution in [0.1, 0.15) is 49.4 Å². The van der Waals surface area contributed by atoms with Crippen molar-refractivity contribution in [2.45, 2.75) is 50.9 Å². The third-order valence-electron chi connectivity index (χ3n) is 6.20. The number of urea groups is 1. The minimum absolute atomic E-state index is 0.226. The van der Waals surface area contributed by atoms with Gasteiger partial charge in [0, 0.05) is 12.1 Å². The molecule has 2 aromatic carbocycles. The van der Waals surface area contributed by atoms with Gasteiger partial charge in [0.15, 0.2) is 0 Å². The summed E-state index contributed by atoms with van der Waals surface area (Å²) < 4.78 is 55.1. The lowest BCUT2D eigenvalue weighted by molar-refractivity contribution is -0.274. The highest BCUT2D eigenvalue weighted by Crippen LogP contribution is 2.37. The van der Waals surface area contributed by atoms with Crippen LogP contribution in [0.15, 0.2) is 30.3 Å². The fraction of sp³-hybridized carbons (Fsp3) is 0.375. The van der Waals surface area contributed by atoms with Crippen LogP contribution in [-0.2, 0) is 4.79 Å². The van der Waals surface area contributed by atoms with Gasteiger partial charge in [0.25, 0.3) is 5.91 Å². The molecule has 1 aliphatic carbocycles. The Kier molecular flexibility index (Phi) is 8.98. The first-order valence-corrected chi connectivity index (χ1v) is 12.1. The summed E-state index contributed by atoms with van der Waals surface area (Å²) in [7, 11) is 0. The van der Waals surface area contributed by atoms with E-state index in [1.807, 2.05) is 0 Å². The van der Waals surface area contributed by atoms with Crippen LogP contribution >= 0.6 is 23.2 Å². The maximum absolute atomic E-state index is 14.0. The van der Waals surface area contributed by atoms with Crippen molar-refractivity contribution in [2.24, 2.45) is 5.92 Å². The quantitative estimate of drug-likeness (QED) is 0.268. The van der Waals surface area contributed by atoms with Gasteiger partial charge in [-0.15, -0.1) is 13.2 Å². The molecule has 0 bridgehead atoms. The van der Waals surface area contributed by atoms with Crippen molar-refractivity contribution < 1.29 is 41.8 Å². The van der Waals surface area contributed by atoms with E-state index in [4.69, 9.17) is 23.2 Å². The molecule has 206 valence electrons. The molecule has 38 heavy (non-hydrogen) atoms. The number of alkyl halides is 3. The van der Waals surface area contributed by atoms with E-state index in [2.05, 4.69) is 20.7 Å². The summed E-state index contributed by atoms with van der Waals surface area (Å²) in [5.74, 6) is -3.95. The van der Waals surface area contributed by atoms with Crippen LogP contribution in [0.25, 0.3) is 0 Å². The highest BCUT2D eigenvalue weighted by molar-refractivity contribution is 6.40. The molecule has 0 aliphatic heterocycles. The molecule has 0 spiro atoms. The van der Waals surface area contributed by atoms with Crippen molar-refractivity contribution in [3.63, 3.8) is 0 Å². The number of benzene rings is 2. The van der Waals surface area contributed by atoms with E-state index in [0.29, 0.717) is 12.8 Å². The largest absolute Gasteiger partial charge is 0.573 e. The van der Waals surface area contributed by atoms with Crippen LogP contribution in [0.4, 0.5) is 33.7 Å². The second kappa shape index (κ2) is 11.6. The summed E-state index contributed by atoms with van der Waals surface area (Å²) in [4.78, 5) is 37.9. The first-order valence-electron chi connectivity index (χ1n) is 11.4. The maximum Gasteiger partial charge on any atom is 0.573 e. The minimum Gasteiger partial charge on any atom is -0.480 e. The molecule has 1 saturated carbocycles. The number of amides is 3. The van der Waals surface area contributed by atoms with Crippen molar-refractivity contribution in [1.82, 2.24) is 5.32 Å². The zero-order chi connectivity index (χ0) is 28.3. The van der Waals surface area contributed by atoms with E-state index in [9.17, 15) is 37.1 Å². The number of halogens is 6. The van der Waals surface area contributed by atoms with Crippen LogP contribution in [0.2, 0.25) is 10.0 Å². The van der Waals surface area contributed by atoms with E-state index in [1.54, 1.807) is 0 Å². The molecule has 1 aliphatic rings. The zero-order valence-corrected chi connectivity index (χ0v) is 21.4. The topological polar surface area (TPSA) is 117 Å². The number of anilines is 2. The molecule has 3 amide bonds. The van der Waals surface area contributed by atoms with Gasteiger partial charge in [0.1, 0.15) is 17.1 Å². The van der Waals surface area contributed by atoms with E-state index < -0.39 is 51.4 Å². The van der Waals surface area contributed by atoms with Gasteiger partial charge < -0.3 is 25.8 Å². The van der Waals surface area contributed by atoms with Crippen LogP contribution in [-0.4, -0.2) is 34.9 Å². The standard InChI is InChI=1S/C24H23Cl2F4N3O5/c1-23(21(35)36,12-5-3-2-4-6-12)33-20(34)15-8-7-13(27)9-18(15)31-22(37)32-19-16(25)10-14(11-17(19)26)38-24(28,29)30/h7-12H,2-6H2,1H3,(H,33,34)(H,35,36)(H2,31,32,37). The Balaban J connectivity index is 1.81. The van der Waals surface area contributed by atoms with Gasteiger partial charge in [0.2, 0.25) is 0 Å². The van der Waals surface area contributed by atoms with Gasteiger partial charge in [-0.25, -0.2) is 14.0 Å². The number of nitrogens with one attached hydrogen (secondary N) is 3. The predicted molar refractivity (Wildman–Crippen MR) is 132 cm³/mol. The summed E-state index contributed by atoms with van der Waals surface area (Å²) in [6.07, 6.45) is -1.18. The summed E-state index contributed by atoms with van der Waals surface area (Å²) >= 11 is 11.9. The molecule has 0 radical (unpaired) electrons. The zero-order valence-electron chi connectivity index (χ0n) is 19.8. The normalized spacial score (nSPS) is 15.8. The molecular formula is C24H23Cl2F4N3O5. The minimum atomic E-state index is -5.00. The molecule has 1 unspecified atom stereocenters. The van der Waals surface area contributed by atoms with Gasteiger partial charge in [-0.3, -0.25) is 4.79 Å². The van der Waals surface area contributed by atoms with E-state index in [-0.39, 0.29) is 22.9 Å². The molecule has 0 aromatic heterocycles. The molecule has 2 aromatic rings. The Bertz CT molecular complexity index is 1220. The maximum atomic E-state index is 14.0. The summed E-state index contributed by atoms with van der Waals surface area (Å²) in [6.45, 7) is 1.41. The molecule has 4 N–H and O–H groups in total. The van der Waals surface area contributed by atoms with Crippen molar-refractivity contribution in [1.29, 1.82) is 0 Å². The predicted octanol–water partition coefficient (Wildman–Crippen LogP) is 6.83. The van der Waals surface area contributed by atoms with E-state index in [1.165, 1.54) is 6.92 Å². The second-order valence-corrected chi connectivity index (χ2v) is 9.69. The van der Waals surface area contributed by atoms with Crippen molar-refractivity contribution in [2.75, 3.05) is 10.6 Å². The molecule has 14 heteroatoms. The number of aliphatic carboxylic acids is 1. The molecule has 8 nitrogen and oxygen atoms in total. The van der Waals surface area contributed by atoms with Gasteiger partial charge in [-0.2, -0.15) is 0 Å². The highest BCUT2D eigenvalue weighted by Gasteiger charge is 2.43. The Morgan fingerprint density at radius 3 is 2.16 bits per heavy atom. The Hall–Kier alpha value is -3.25. The Morgan fingerprint density at radius 1 is 1.00 bits per heavy atom. The van der Waals surface area contributed by atoms with Crippen LogP contribution in [0.5, 0.6) is 5.75 Å². The lowest BCUT2D eigenvalue weighted by Gasteiger charge is -2.37. The molecule has 3 rings (SSSR count). The number of carboxylic acids is 1. The van der Waals surface area contributed by atoms with Crippen molar-refractivity contribution in [3.05, 3.63) is 51.8 Å². The monoisotopic (exact) mass is 579 g/mol. The van der Waals surface area contributed by atoms with Crippen molar-refractivity contribution >= 4 is 52.5 Å². The number of carbonyl (C=O) groups excluding carboxylic acids is 2. The molecule has 0 heterocycles. The van der Waals surface area contributed by atoms with Gasteiger partial charge in [-0.05, 0) is 43.9 Å². The average molecular weight is 580 g/mol. The SMILES string of the molecule is CC(NC(=O)c1ccc(F)cc1NC(=O)Nc1c(Cl)cc(OC(F)(F)F)cc1Cl)(C(=O)O)C1CCCCC1. The van der Waals surface area contributed by atoms with Crippen molar-refractivity contribution in [3.8, 4) is 5.75 Å². The Morgan fingerprint density at radius 2 is 1.61 bits per heavy atom. The third-order valence-corrected chi connectivity index (χ3v) is 6.80. The Labute approximate surface area is 224 Å². The van der Waals surface area contributed by atoms with Crippen LogP contribution < -0.4 is 20.7 Å².